The van der Waals surface area contributed by atoms with Gasteiger partial charge in [-0.15, -0.1) is 0 Å². The number of nitrogens with two attached hydrogens (primary N) is 1. The zero-order chi connectivity index (χ0) is 13.6. The van der Waals surface area contributed by atoms with E-state index in [2.05, 4.69) is 10.3 Å². The molecule has 0 atom stereocenters. The molecule has 18 heavy (non-hydrogen) atoms. The van der Waals surface area contributed by atoms with Gasteiger partial charge in [0.15, 0.2) is 5.82 Å². The van der Waals surface area contributed by atoms with Crippen LogP contribution in [0.15, 0.2) is 12.3 Å². The summed E-state index contributed by atoms with van der Waals surface area (Å²) >= 11 is 0. The van der Waals surface area contributed by atoms with Crippen molar-refractivity contribution >= 4 is 11.5 Å². The fraction of sp³-hybridized carbons (Fsp3) is 0.538. The minimum absolute atomic E-state index is 0.116. The highest BCUT2D eigenvalue weighted by molar-refractivity contribution is 5.68. The Morgan fingerprint density at radius 2 is 2.17 bits per heavy atom. The molecule has 1 heterocycles. The third-order valence-electron chi connectivity index (χ3n) is 3.58. The van der Waals surface area contributed by atoms with Crippen LogP contribution < -0.4 is 11.1 Å². The molecule has 0 aliphatic heterocycles. The van der Waals surface area contributed by atoms with Crippen LogP contribution in [0, 0.1) is 16.7 Å². The first-order valence-corrected chi connectivity index (χ1v) is 6.11. The average Bonchev–Trinajstić information content (AvgIpc) is 2.42. The second-order valence-corrected chi connectivity index (χ2v) is 4.45. The third kappa shape index (κ3) is 2.90. The van der Waals surface area contributed by atoms with Gasteiger partial charge in [-0.25, -0.2) is 4.98 Å². The molecule has 0 spiro atoms. The number of nitrogen functional groups attached to an aromatic ring is 1. The molecule has 5 heteroatoms. The summed E-state index contributed by atoms with van der Waals surface area (Å²) in [6.07, 6.45) is 3.28. The Labute approximate surface area is 108 Å². The molecule has 5 nitrogen and oxygen atoms in total. The highest BCUT2D eigenvalue weighted by atomic mass is 16.3. The predicted octanol–water partition coefficient (Wildman–Crippen LogP) is 1.75. The van der Waals surface area contributed by atoms with Crippen molar-refractivity contribution < 1.29 is 5.11 Å². The van der Waals surface area contributed by atoms with Gasteiger partial charge in [0, 0.05) is 18.2 Å². The van der Waals surface area contributed by atoms with Crippen molar-refractivity contribution in [2.24, 2.45) is 5.41 Å². The Morgan fingerprint density at radius 1 is 1.50 bits per heavy atom. The van der Waals surface area contributed by atoms with Crippen LogP contribution in [-0.2, 0) is 0 Å². The number of nitriles is 1. The van der Waals surface area contributed by atoms with Gasteiger partial charge in [-0.05, 0) is 18.9 Å². The number of hydrogen-bond acceptors (Lipinski definition) is 5. The molecule has 4 N–H and O–H groups in total. The Hall–Kier alpha value is -1.80. The molecule has 98 valence electrons. The van der Waals surface area contributed by atoms with Crippen LogP contribution in [0.25, 0.3) is 0 Å². The minimum Gasteiger partial charge on any atom is -0.396 e. The van der Waals surface area contributed by atoms with Crippen LogP contribution in [-0.4, -0.2) is 23.2 Å². The first kappa shape index (κ1) is 14.3. The van der Waals surface area contributed by atoms with Crippen molar-refractivity contribution in [1.82, 2.24) is 4.98 Å². The highest BCUT2D eigenvalue weighted by Gasteiger charge is 2.25. The molecule has 0 aliphatic rings. The van der Waals surface area contributed by atoms with Crippen molar-refractivity contribution in [3.8, 4) is 6.07 Å². The van der Waals surface area contributed by atoms with E-state index in [0.29, 0.717) is 23.6 Å². The number of pyridine rings is 1. The van der Waals surface area contributed by atoms with Gasteiger partial charge in [0.05, 0.1) is 17.9 Å². The number of nitrogens with zero attached hydrogens (tertiary/aromatic N) is 2. The topological polar surface area (TPSA) is 95.0 Å². The summed E-state index contributed by atoms with van der Waals surface area (Å²) in [6, 6.07) is 3.60. The lowest BCUT2D eigenvalue weighted by molar-refractivity contribution is 0.127. The van der Waals surface area contributed by atoms with E-state index < -0.39 is 0 Å². The molecule has 1 aromatic heterocycles. The largest absolute Gasteiger partial charge is 0.396 e. The number of nitrogens with one attached hydrogen (secondary N) is 1. The van der Waals surface area contributed by atoms with Crippen molar-refractivity contribution in [1.29, 1.82) is 5.26 Å². The summed E-state index contributed by atoms with van der Waals surface area (Å²) in [6.45, 7) is 4.79. The van der Waals surface area contributed by atoms with Gasteiger partial charge in [0.1, 0.15) is 6.07 Å². The van der Waals surface area contributed by atoms with E-state index in [0.717, 1.165) is 12.8 Å². The van der Waals surface area contributed by atoms with Crippen molar-refractivity contribution in [2.75, 3.05) is 24.2 Å². The van der Waals surface area contributed by atoms with Crippen LogP contribution in [0.1, 0.15) is 32.3 Å². The molecule has 0 unspecified atom stereocenters. The molecular formula is C13H20N4O. The first-order chi connectivity index (χ1) is 8.62. The lowest BCUT2D eigenvalue weighted by Crippen LogP contribution is -2.32. The highest BCUT2D eigenvalue weighted by Crippen LogP contribution is 2.27. The van der Waals surface area contributed by atoms with E-state index in [1.165, 1.54) is 0 Å². The summed E-state index contributed by atoms with van der Waals surface area (Å²) in [4.78, 5) is 4.12. The lowest BCUT2D eigenvalue weighted by Gasteiger charge is -2.30. The van der Waals surface area contributed by atoms with Gasteiger partial charge in [-0.2, -0.15) is 5.26 Å². The fourth-order valence-corrected chi connectivity index (χ4v) is 1.76. The van der Waals surface area contributed by atoms with E-state index in [9.17, 15) is 5.11 Å². The smallest absolute Gasteiger partial charge is 0.150 e. The van der Waals surface area contributed by atoms with Gasteiger partial charge >= 0.3 is 0 Å². The molecule has 0 amide bonds. The molecular weight excluding hydrogens is 228 g/mol. The van der Waals surface area contributed by atoms with Crippen LogP contribution in [0.4, 0.5) is 11.5 Å². The first-order valence-electron chi connectivity index (χ1n) is 6.11. The van der Waals surface area contributed by atoms with Gasteiger partial charge in [0.2, 0.25) is 0 Å². The standard InChI is InChI=1S/C13H20N4O/c1-3-13(4-2,9-18)8-17-12-11(15)10(7-14)5-6-16-12/h5-6,18H,3-4,8-9,15H2,1-2H3,(H,16,17). The van der Waals surface area contributed by atoms with Crippen LogP contribution >= 0.6 is 0 Å². The van der Waals surface area contributed by atoms with Gasteiger partial charge in [0.25, 0.3) is 0 Å². The van der Waals surface area contributed by atoms with E-state index in [1.54, 1.807) is 12.3 Å². The Bertz CT molecular complexity index is 427. The second kappa shape index (κ2) is 6.22. The monoisotopic (exact) mass is 248 g/mol. The van der Waals surface area contributed by atoms with E-state index >= 15 is 0 Å². The van der Waals surface area contributed by atoms with Crippen LogP contribution in [0.3, 0.4) is 0 Å². The maximum atomic E-state index is 9.48. The lowest BCUT2D eigenvalue weighted by atomic mass is 9.83. The molecule has 1 rings (SSSR count). The number of aliphatic hydroxyl groups excluding tert-OH is 1. The quantitative estimate of drug-likeness (QED) is 0.712. The number of anilines is 2. The van der Waals surface area contributed by atoms with E-state index in [1.807, 2.05) is 19.9 Å². The maximum absolute atomic E-state index is 9.48. The minimum atomic E-state index is -0.170. The van der Waals surface area contributed by atoms with E-state index in [4.69, 9.17) is 11.0 Å². The number of rotatable bonds is 6. The second-order valence-electron chi connectivity index (χ2n) is 4.45. The average molecular weight is 248 g/mol. The number of aliphatic hydroxyl groups is 1. The van der Waals surface area contributed by atoms with Crippen molar-refractivity contribution in [3.63, 3.8) is 0 Å². The molecule has 0 saturated heterocycles. The molecule has 0 aromatic carbocycles. The fourth-order valence-electron chi connectivity index (χ4n) is 1.76. The molecule has 0 bridgehead atoms. The summed E-state index contributed by atoms with van der Waals surface area (Å²) in [5.74, 6) is 0.508. The molecule has 0 saturated carbocycles. The molecule has 1 aromatic rings. The Balaban J connectivity index is 2.84. The summed E-state index contributed by atoms with van der Waals surface area (Å²) < 4.78 is 0. The molecule has 0 radical (unpaired) electrons. The SMILES string of the molecule is CCC(CC)(CO)CNc1nccc(C#N)c1N. The zero-order valence-corrected chi connectivity index (χ0v) is 10.9. The normalized spacial score (nSPS) is 11.0. The predicted molar refractivity (Wildman–Crippen MR) is 72.0 cm³/mol. The van der Waals surface area contributed by atoms with E-state index in [-0.39, 0.29) is 12.0 Å². The van der Waals surface area contributed by atoms with Crippen molar-refractivity contribution in [2.45, 2.75) is 26.7 Å². The third-order valence-corrected chi connectivity index (χ3v) is 3.58. The number of aromatic nitrogens is 1. The van der Waals surface area contributed by atoms with Crippen LogP contribution in [0.2, 0.25) is 0 Å². The number of hydrogen-bond donors (Lipinski definition) is 3. The zero-order valence-electron chi connectivity index (χ0n) is 10.9. The molecule has 0 aliphatic carbocycles. The molecule has 0 fully saturated rings. The summed E-state index contributed by atoms with van der Waals surface area (Å²) in [5, 5.41) is 21.5. The van der Waals surface area contributed by atoms with Gasteiger partial charge in [-0.1, -0.05) is 13.8 Å². The van der Waals surface area contributed by atoms with Gasteiger partial charge in [-0.3, -0.25) is 0 Å². The van der Waals surface area contributed by atoms with Crippen molar-refractivity contribution in [3.05, 3.63) is 17.8 Å². The van der Waals surface area contributed by atoms with Crippen LogP contribution in [0.5, 0.6) is 0 Å². The summed E-state index contributed by atoms with van der Waals surface area (Å²) in [5.41, 5.74) is 6.44. The maximum Gasteiger partial charge on any atom is 0.150 e. The van der Waals surface area contributed by atoms with Gasteiger partial charge < -0.3 is 16.2 Å². The Morgan fingerprint density at radius 3 is 2.67 bits per heavy atom. The summed E-state index contributed by atoms with van der Waals surface area (Å²) in [7, 11) is 0. The Kier molecular flexibility index (Phi) is 4.93.